The summed E-state index contributed by atoms with van der Waals surface area (Å²) >= 11 is 5.69. The maximum Gasteiger partial charge on any atom is 0.436 e. The number of halogens is 5. The van der Waals surface area contributed by atoms with E-state index in [1.54, 1.807) is 0 Å². The lowest BCUT2D eigenvalue weighted by Crippen LogP contribution is -2.25. The van der Waals surface area contributed by atoms with E-state index in [9.17, 15) is 22.4 Å². The molecule has 1 aromatic carbocycles. The number of nitrogens with one attached hydrogen (secondary N) is 1. The third kappa shape index (κ3) is 4.76. The van der Waals surface area contributed by atoms with Crippen LogP contribution in [0.2, 0.25) is 5.02 Å². The Hall–Kier alpha value is -2.88. The van der Waals surface area contributed by atoms with E-state index in [4.69, 9.17) is 16.1 Å². The van der Waals surface area contributed by atoms with Gasteiger partial charge in [0.25, 0.3) is 5.91 Å². The molecule has 11 heteroatoms. The summed E-state index contributed by atoms with van der Waals surface area (Å²) in [6.45, 7) is 1.76. The van der Waals surface area contributed by atoms with E-state index in [2.05, 4.69) is 15.6 Å². The number of alkyl halides is 3. The Kier molecular flexibility index (Phi) is 5.92. The summed E-state index contributed by atoms with van der Waals surface area (Å²) in [6.07, 6.45) is -4.30. The Morgan fingerprint density at radius 3 is 2.59 bits per heavy atom. The van der Waals surface area contributed by atoms with Gasteiger partial charge in [0, 0.05) is 24.7 Å². The highest BCUT2D eigenvalue weighted by atomic mass is 35.5. The smallest absolute Gasteiger partial charge is 0.355 e. The Morgan fingerprint density at radius 2 is 1.97 bits per heavy atom. The average molecular weight is 431 g/mol. The van der Waals surface area contributed by atoms with E-state index >= 15 is 0 Å². The molecule has 0 saturated heterocycles. The van der Waals surface area contributed by atoms with Crippen LogP contribution in [-0.2, 0) is 12.7 Å². The molecular weight excluding hydrogens is 416 g/mol. The first-order valence-corrected chi connectivity index (χ1v) is 8.85. The van der Waals surface area contributed by atoms with Crippen molar-refractivity contribution >= 4 is 17.5 Å². The number of carbonyl (C=O) groups is 1. The molecule has 3 aromatic rings. The second-order valence-corrected chi connectivity index (χ2v) is 6.54. The highest BCUT2D eigenvalue weighted by molar-refractivity contribution is 6.31. The predicted octanol–water partition coefficient (Wildman–Crippen LogP) is 4.48. The van der Waals surface area contributed by atoms with Crippen molar-refractivity contribution in [1.82, 2.24) is 20.3 Å². The minimum absolute atomic E-state index is 0.0296. The zero-order valence-corrected chi connectivity index (χ0v) is 15.8. The number of hydrogen-bond acceptors (Lipinski definition) is 4. The van der Waals surface area contributed by atoms with E-state index < -0.39 is 28.6 Å². The minimum atomic E-state index is -4.63. The molecule has 0 aliphatic rings. The number of benzene rings is 1. The molecule has 6 nitrogen and oxygen atoms in total. The molecule has 0 bridgehead atoms. The lowest BCUT2D eigenvalue weighted by atomic mass is 10.1. The monoisotopic (exact) mass is 430 g/mol. The van der Waals surface area contributed by atoms with Crippen LogP contribution in [-0.4, -0.2) is 27.4 Å². The summed E-state index contributed by atoms with van der Waals surface area (Å²) in [5.74, 6) is -0.604. The number of rotatable bonds is 6. The van der Waals surface area contributed by atoms with Crippen molar-refractivity contribution in [2.75, 3.05) is 6.54 Å². The van der Waals surface area contributed by atoms with Gasteiger partial charge in [-0.05, 0) is 37.6 Å². The van der Waals surface area contributed by atoms with E-state index in [0.717, 1.165) is 4.68 Å². The van der Waals surface area contributed by atoms with Crippen LogP contribution in [0.1, 0.15) is 28.3 Å². The predicted molar refractivity (Wildman–Crippen MR) is 95.8 cm³/mol. The molecule has 3 rings (SSSR count). The molecule has 0 saturated carbocycles. The fraction of sp³-hybridized carbons (Fsp3) is 0.278. The van der Waals surface area contributed by atoms with Crippen molar-refractivity contribution in [3.05, 3.63) is 58.3 Å². The first kappa shape index (κ1) is 20.8. The van der Waals surface area contributed by atoms with E-state index in [1.165, 1.54) is 37.3 Å². The summed E-state index contributed by atoms with van der Waals surface area (Å²) in [6, 6.07) is 6.90. The van der Waals surface area contributed by atoms with Crippen LogP contribution in [0.5, 0.6) is 0 Å². The molecule has 29 heavy (non-hydrogen) atoms. The highest BCUT2D eigenvalue weighted by Gasteiger charge is 2.38. The number of hydrogen-bond donors (Lipinski definition) is 1. The molecule has 0 fully saturated rings. The fourth-order valence-corrected chi connectivity index (χ4v) is 2.82. The normalized spacial score (nSPS) is 11.7. The van der Waals surface area contributed by atoms with Crippen LogP contribution < -0.4 is 5.32 Å². The van der Waals surface area contributed by atoms with Gasteiger partial charge in [0.2, 0.25) is 0 Å². The second kappa shape index (κ2) is 8.24. The quantitative estimate of drug-likeness (QED) is 0.462. The molecule has 0 aliphatic heterocycles. The van der Waals surface area contributed by atoms with Crippen LogP contribution >= 0.6 is 11.6 Å². The largest absolute Gasteiger partial charge is 0.436 e. The van der Waals surface area contributed by atoms with Gasteiger partial charge in [-0.2, -0.15) is 18.3 Å². The number of carbonyl (C=O) groups excluding carboxylic acids is 1. The lowest BCUT2D eigenvalue weighted by molar-refractivity contribution is -0.141. The molecule has 0 radical (unpaired) electrons. The van der Waals surface area contributed by atoms with Gasteiger partial charge in [-0.3, -0.25) is 9.48 Å². The van der Waals surface area contributed by atoms with Gasteiger partial charge >= 0.3 is 6.18 Å². The first-order chi connectivity index (χ1) is 13.7. The minimum Gasteiger partial charge on any atom is -0.355 e. The van der Waals surface area contributed by atoms with Gasteiger partial charge in [0.15, 0.2) is 17.1 Å². The Labute approximate surface area is 167 Å². The summed E-state index contributed by atoms with van der Waals surface area (Å²) in [5, 5.41) is 9.32. The average Bonchev–Trinajstić information content (AvgIpc) is 3.26. The standard InChI is InChI=1S/C18H15ClF4N4O2/c1-10-15(19)16(18(21,22)23)25-27(10)8-2-7-24-17(28)13-9-14(29-26-13)11-3-5-12(20)6-4-11/h3-6,9H,2,7-8H2,1H3,(H,24,28). The van der Waals surface area contributed by atoms with Crippen molar-refractivity contribution in [1.29, 1.82) is 0 Å². The summed E-state index contributed by atoms with van der Waals surface area (Å²) in [5.41, 5.74) is -0.339. The third-order valence-electron chi connectivity index (χ3n) is 4.11. The van der Waals surface area contributed by atoms with Crippen molar-refractivity contribution in [2.45, 2.75) is 26.1 Å². The van der Waals surface area contributed by atoms with Gasteiger partial charge in [0.05, 0.1) is 10.7 Å². The zero-order valence-electron chi connectivity index (χ0n) is 15.1. The van der Waals surface area contributed by atoms with Crippen LogP contribution in [0.25, 0.3) is 11.3 Å². The van der Waals surface area contributed by atoms with Gasteiger partial charge in [0.1, 0.15) is 5.82 Å². The Balaban J connectivity index is 1.54. The molecule has 0 atom stereocenters. The van der Waals surface area contributed by atoms with Gasteiger partial charge < -0.3 is 9.84 Å². The number of nitrogens with zero attached hydrogens (tertiary/aromatic N) is 3. The molecule has 2 heterocycles. The maximum atomic E-state index is 13.0. The molecule has 0 aliphatic carbocycles. The number of aryl methyl sites for hydroxylation is 1. The van der Waals surface area contributed by atoms with Crippen molar-refractivity contribution in [3.8, 4) is 11.3 Å². The molecule has 2 aromatic heterocycles. The molecule has 154 valence electrons. The molecule has 1 amide bonds. The molecule has 0 spiro atoms. The molecule has 1 N–H and O–H groups in total. The lowest BCUT2D eigenvalue weighted by Gasteiger charge is -2.05. The SMILES string of the molecule is Cc1c(Cl)c(C(F)(F)F)nn1CCCNC(=O)c1cc(-c2ccc(F)cc2)on1. The fourth-order valence-electron chi connectivity index (χ4n) is 2.58. The second-order valence-electron chi connectivity index (χ2n) is 6.16. The topological polar surface area (TPSA) is 73.0 Å². The number of amides is 1. The van der Waals surface area contributed by atoms with E-state index in [-0.39, 0.29) is 24.5 Å². The summed E-state index contributed by atoms with van der Waals surface area (Å²) < 4.78 is 57.6. The van der Waals surface area contributed by atoms with Gasteiger partial charge in [-0.1, -0.05) is 16.8 Å². The summed E-state index contributed by atoms with van der Waals surface area (Å²) in [7, 11) is 0. The first-order valence-electron chi connectivity index (χ1n) is 8.48. The van der Waals surface area contributed by atoms with Crippen LogP contribution in [0, 0.1) is 12.7 Å². The van der Waals surface area contributed by atoms with Crippen LogP contribution in [0.15, 0.2) is 34.9 Å². The van der Waals surface area contributed by atoms with Crippen molar-refractivity contribution in [2.24, 2.45) is 0 Å². The van der Waals surface area contributed by atoms with Gasteiger partial charge in [-0.15, -0.1) is 0 Å². The zero-order chi connectivity index (χ0) is 21.2. The van der Waals surface area contributed by atoms with Crippen LogP contribution in [0.3, 0.4) is 0 Å². The Morgan fingerprint density at radius 1 is 1.28 bits per heavy atom. The van der Waals surface area contributed by atoms with E-state index in [0.29, 0.717) is 17.7 Å². The third-order valence-corrected chi connectivity index (χ3v) is 4.56. The van der Waals surface area contributed by atoms with Crippen molar-refractivity contribution < 1.29 is 26.9 Å². The van der Waals surface area contributed by atoms with E-state index in [1.807, 2.05) is 0 Å². The summed E-state index contributed by atoms with van der Waals surface area (Å²) in [4.78, 5) is 12.1. The van der Waals surface area contributed by atoms with Crippen LogP contribution in [0.4, 0.5) is 17.6 Å². The molecular formula is C18H15ClF4N4O2. The molecule has 0 unspecified atom stereocenters. The van der Waals surface area contributed by atoms with Crippen molar-refractivity contribution in [3.63, 3.8) is 0 Å². The number of aromatic nitrogens is 3. The highest BCUT2D eigenvalue weighted by Crippen LogP contribution is 2.35. The van der Waals surface area contributed by atoms with Gasteiger partial charge in [-0.25, -0.2) is 4.39 Å². The maximum absolute atomic E-state index is 13.0. The Bertz CT molecular complexity index is 1010.